The van der Waals surface area contributed by atoms with Gasteiger partial charge < -0.3 is 37.2 Å². The summed E-state index contributed by atoms with van der Waals surface area (Å²) in [5.74, 6) is 0. The van der Waals surface area contributed by atoms with Gasteiger partial charge in [0.1, 0.15) is 8.07 Å². The van der Waals surface area contributed by atoms with E-state index >= 15 is 0 Å². The van der Waals surface area contributed by atoms with Gasteiger partial charge in [0.15, 0.2) is 0 Å². The molecular weight excluding hydrogens is 543 g/mol. The van der Waals surface area contributed by atoms with Gasteiger partial charge in [-0.25, -0.2) is 5.57 Å². The van der Waals surface area contributed by atoms with Crippen molar-refractivity contribution in [2.75, 3.05) is 0 Å². The Labute approximate surface area is 246 Å². The van der Waals surface area contributed by atoms with Crippen LogP contribution in [0.3, 0.4) is 0 Å². The summed E-state index contributed by atoms with van der Waals surface area (Å²) in [6.45, 7) is 15.9. The predicted octanol–water partition coefficient (Wildman–Crippen LogP) is -3.05. The van der Waals surface area contributed by atoms with E-state index in [4.69, 9.17) is 0 Å². The van der Waals surface area contributed by atoms with Gasteiger partial charge in [0.05, 0.1) is 0 Å². The molecule has 0 amide bonds. The van der Waals surface area contributed by atoms with Crippen LogP contribution in [-0.4, -0.2) is 8.07 Å². The predicted molar refractivity (Wildman–Crippen MR) is 137 cm³/mol. The SMILES string of the molecule is CC1=[C-]C(C)([Si](c2ccccc2)(c2cccc(C)c2)c2cc(C)cc(C)c2)C(C)=C1C.[Cl-].[Cl-].[Cl-].[Ti+4]. The number of aryl methyl sites for hydroxylation is 3. The fraction of sp³-hybridized carbons (Fsp3) is 0.267. The Hall–Kier alpha value is -1.06. The van der Waals surface area contributed by atoms with Crippen LogP contribution in [-0.2, 0) is 21.7 Å². The monoisotopic (exact) mass is 574 g/mol. The molecular formula is C30H33Cl3SiTi. The minimum Gasteiger partial charge on any atom is -1.00 e. The van der Waals surface area contributed by atoms with Crippen molar-refractivity contribution in [2.24, 2.45) is 0 Å². The van der Waals surface area contributed by atoms with Crippen LogP contribution in [0.5, 0.6) is 0 Å². The molecule has 0 aliphatic heterocycles. The van der Waals surface area contributed by atoms with Crippen molar-refractivity contribution in [3.8, 4) is 0 Å². The molecule has 1 aliphatic carbocycles. The van der Waals surface area contributed by atoms with Gasteiger partial charge in [-0.05, 0) is 36.3 Å². The Morgan fingerprint density at radius 2 is 1.11 bits per heavy atom. The van der Waals surface area contributed by atoms with Crippen molar-refractivity contribution < 1.29 is 58.9 Å². The molecule has 2 unspecified atom stereocenters. The van der Waals surface area contributed by atoms with Crippen molar-refractivity contribution in [1.29, 1.82) is 0 Å². The number of hydrogen-bond acceptors (Lipinski definition) is 0. The van der Waals surface area contributed by atoms with Crippen LogP contribution in [0.1, 0.15) is 44.4 Å². The van der Waals surface area contributed by atoms with Gasteiger partial charge in [-0.3, -0.25) is 6.08 Å². The molecule has 0 nitrogen and oxygen atoms in total. The van der Waals surface area contributed by atoms with E-state index in [-0.39, 0.29) is 64.0 Å². The topological polar surface area (TPSA) is 0 Å². The largest absolute Gasteiger partial charge is 4.00 e. The van der Waals surface area contributed by atoms with Crippen molar-refractivity contribution in [3.63, 3.8) is 0 Å². The standard InChI is InChI=1S/C30H33Si.3ClH.Ti/c1-21-12-11-15-28(17-21)31(27-13-9-8-10-14-27,29-18-22(2)16-23(3)19-29)30(7)20-24(4)25(5)26(30)6;;;;/h8-19H,1-7H3;3*1H;/q-1;;;;+4/p-3. The number of halogens is 3. The molecule has 182 valence electrons. The first-order valence-electron chi connectivity index (χ1n) is 11.2. The van der Waals surface area contributed by atoms with E-state index in [0.717, 1.165) is 0 Å². The fourth-order valence-electron chi connectivity index (χ4n) is 5.72. The molecule has 4 rings (SSSR count). The third-order valence-electron chi connectivity index (χ3n) is 7.38. The van der Waals surface area contributed by atoms with Gasteiger partial charge in [0.25, 0.3) is 0 Å². The Morgan fingerprint density at radius 1 is 0.600 bits per heavy atom. The molecule has 0 spiro atoms. The average molecular weight is 576 g/mol. The summed E-state index contributed by atoms with van der Waals surface area (Å²) in [7, 11) is -2.55. The van der Waals surface area contributed by atoms with Crippen LogP contribution in [0.25, 0.3) is 0 Å². The molecule has 0 radical (unpaired) electrons. The molecule has 0 fully saturated rings. The number of allylic oxidation sites excluding steroid dienone is 4. The van der Waals surface area contributed by atoms with E-state index in [2.05, 4.69) is 127 Å². The van der Waals surface area contributed by atoms with Gasteiger partial charge in [0.2, 0.25) is 0 Å². The zero-order valence-corrected chi connectivity index (χ0v) is 26.4. The molecule has 35 heavy (non-hydrogen) atoms. The molecule has 3 aromatic carbocycles. The first kappa shape index (κ1) is 33.9. The Balaban J connectivity index is 0.00000289. The minimum atomic E-state index is -2.55. The third kappa shape index (κ3) is 5.62. The number of rotatable bonds is 4. The van der Waals surface area contributed by atoms with Crippen LogP contribution < -0.4 is 52.8 Å². The summed E-state index contributed by atoms with van der Waals surface area (Å²) in [5, 5.41) is 4.21. The summed E-state index contributed by atoms with van der Waals surface area (Å²) in [6, 6.07) is 27.7. The normalized spacial score (nSPS) is 18.2. The van der Waals surface area contributed by atoms with E-state index in [1.807, 2.05) is 0 Å². The van der Waals surface area contributed by atoms with Crippen molar-refractivity contribution in [1.82, 2.24) is 0 Å². The second-order valence-corrected chi connectivity index (χ2v) is 13.7. The zero-order valence-electron chi connectivity index (χ0n) is 21.6. The second kappa shape index (κ2) is 13.0. The maximum Gasteiger partial charge on any atom is 4.00 e. The van der Waals surface area contributed by atoms with Crippen LogP contribution in [0.15, 0.2) is 89.5 Å². The third-order valence-corrected chi connectivity index (χ3v) is 12.9. The maximum atomic E-state index is 4.03. The Kier molecular flexibility index (Phi) is 12.6. The van der Waals surface area contributed by atoms with Crippen molar-refractivity contribution in [3.05, 3.63) is 112 Å². The van der Waals surface area contributed by atoms with E-state index in [1.165, 1.54) is 49.0 Å². The van der Waals surface area contributed by atoms with Gasteiger partial charge in [-0.2, -0.15) is 11.1 Å². The number of hydrogen-bond donors (Lipinski definition) is 0. The summed E-state index contributed by atoms with van der Waals surface area (Å²) < 4.78 is 0. The molecule has 0 saturated carbocycles. The van der Waals surface area contributed by atoms with Crippen molar-refractivity contribution >= 4 is 23.6 Å². The maximum absolute atomic E-state index is 4.03. The molecule has 0 N–H and O–H groups in total. The molecule has 5 heteroatoms. The van der Waals surface area contributed by atoms with Gasteiger partial charge in [-0.1, -0.05) is 115 Å². The molecule has 0 heterocycles. The summed E-state index contributed by atoms with van der Waals surface area (Å²) in [4.78, 5) is 0. The number of benzene rings is 3. The molecule has 0 aromatic heterocycles. The van der Waals surface area contributed by atoms with Crippen LogP contribution in [0, 0.1) is 26.8 Å². The smallest absolute Gasteiger partial charge is 1.00 e. The van der Waals surface area contributed by atoms with E-state index < -0.39 is 8.07 Å². The van der Waals surface area contributed by atoms with E-state index in [1.54, 1.807) is 0 Å². The molecule has 2 atom stereocenters. The summed E-state index contributed by atoms with van der Waals surface area (Å²) >= 11 is 0. The molecule has 3 aromatic rings. The summed E-state index contributed by atoms with van der Waals surface area (Å²) in [6.07, 6.45) is 4.03. The van der Waals surface area contributed by atoms with Gasteiger partial charge in [-0.15, -0.1) is 6.92 Å². The molecule has 1 aliphatic rings. The first-order chi connectivity index (χ1) is 14.7. The first-order valence-corrected chi connectivity index (χ1v) is 13.2. The average Bonchev–Trinajstić information content (AvgIpc) is 2.92. The zero-order chi connectivity index (χ0) is 22.4. The fourth-order valence-corrected chi connectivity index (χ4v) is 11.9. The molecule has 0 saturated heterocycles. The van der Waals surface area contributed by atoms with E-state index in [0.29, 0.717) is 0 Å². The second-order valence-electron chi connectivity index (χ2n) is 9.49. The minimum absolute atomic E-state index is 0. The van der Waals surface area contributed by atoms with Gasteiger partial charge >= 0.3 is 21.7 Å². The quantitative estimate of drug-likeness (QED) is 0.176. The van der Waals surface area contributed by atoms with Crippen LogP contribution >= 0.6 is 0 Å². The molecule has 0 bridgehead atoms. The Morgan fingerprint density at radius 3 is 1.60 bits per heavy atom. The van der Waals surface area contributed by atoms with E-state index in [9.17, 15) is 0 Å². The van der Waals surface area contributed by atoms with Crippen LogP contribution in [0.2, 0.25) is 5.04 Å². The summed E-state index contributed by atoms with van der Waals surface area (Å²) in [5.41, 5.74) is 8.13. The Bertz CT molecular complexity index is 1200. The van der Waals surface area contributed by atoms with Gasteiger partial charge in [0, 0.05) is 0 Å². The van der Waals surface area contributed by atoms with Crippen LogP contribution in [0.4, 0.5) is 0 Å². The van der Waals surface area contributed by atoms with Crippen molar-refractivity contribution in [2.45, 2.75) is 53.5 Å².